The summed E-state index contributed by atoms with van der Waals surface area (Å²) in [5.74, 6) is 0.189. The van der Waals surface area contributed by atoms with Gasteiger partial charge in [0.15, 0.2) is 0 Å². The smallest absolute Gasteiger partial charge is 0.129 e. The summed E-state index contributed by atoms with van der Waals surface area (Å²) in [5, 5.41) is 0.922. The third kappa shape index (κ3) is 2.59. The van der Waals surface area contributed by atoms with E-state index in [1.54, 1.807) is 22.8 Å². The van der Waals surface area contributed by atoms with Crippen LogP contribution >= 0.6 is 46.4 Å². The van der Waals surface area contributed by atoms with Gasteiger partial charge in [-0.1, -0.05) is 34.8 Å². The molecule has 0 saturated heterocycles. The number of imidazole rings is 1. The van der Waals surface area contributed by atoms with Crippen molar-refractivity contribution in [3.05, 3.63) is 57.0 Å². The minimum Gasteiger partial charge on any atom is -0.292 e. The highest BCUT2D eigenvalue weighted by atomic mass is 35.5. The van der Waals surface area contributed by atoms with Gasteiger partial charge in [0.25, 0.3) is 0 Å². The molecule has 3 aromatic rings. The van der Waals surface area contributed by atoms with Crippen LogP contribution in [0.1, 0.15) is 5.82 Å². The van der Waals surface area contributed by atoms with Crippen LogP contribution in [0.3, 0.4) is 0 Å². The number of benzene rings is 2. The lowest BCUT2D eigenvalue weighted by Gasteiger charge is -2.12. The van der Waals surface area contributed by atoms with Crippen molar-refractivity contribution in [1.82, 2.24) is 9.55 Å². The molecule has 7 heteroatoms. The third-order valence-electron chi connectivity index (χ3n) is 3.01. The fourth-order valence-corrected chi connectivity index (χ4v) is 3.17. The summed E-state index contributed by atoms with van der Waals surface area (Å²) < 4.78 is 15.1. The zero-order valence-electron chi connectivity index (χ0n) is 10.4. The first-order valence-electron chi connectivity index (χ1n) is 5.89. The third-order valence-corrected chi connectivity index (χ3v) is 4.06. The summed E-state index contributed by atoms with van der Waals surface area (Å²) >= 11 is 24.2. The first-order chi connectivity index (χ1) is 10.0. The second-order valence-electron chi connectivity index (χ2n) is 4.35. The van der Waals surface area contributed by atoms with E-state index in [0.717, 1.165) is 5.52 Å². The number of rotatable bonds is 2. The molecule has 0 bridgehead atoms. The van der Waals surface area contributed by atoms with Gasteiger partial charge in [-0.3, -0.25) is 4.57 Å². The van der Waals surface area contributed by atoms with E-state index in [-0.39, 0.29) is 15.9 Å². The van der Waals surface area contributed by atoms with Crippen LogP contribution in [0.2, 0.25) is 15.1 Å². The van der Waals surface area contributed by atoms with E-state index < -0.39 is 5.82 Å². The maximum Gasteiger partial charge on any atom is 0.129 e. The average molecular weight is 364 g/mol. The van der Waals surface area contributed by atoms with Gasteiger partial charge in [-0.2, -0.15) is 0 Å². The summed E-state index contributed by atoms with van der Waals surface area (Å²) in [5.41, 5.74) is 1.85. The fourth-order valence-electron chi connectivity index (χ4n) is 2.19. The Morgan fingerprint density at radius 1 is 1.05 bits per heavy atom. The molecule has 0 fully saturated rings. The summed E-state index contributed by atoms with van der Waals surface area (Å²) in [6.07, 6.45) is 0. The van der Waals surface area contributed by atoms with Gasteiger partial charge in [0.2, 0.25) is 0 Å². The monoisotopic (exact) mass is 362 g/mol. The van der Waals surface area contributed by atoms with Gasteiger partial charge in [0, 0.05) is 5.02 Å². The first-order valence-corrected chi connectivity index (χ1v) is 7.56. The van der Waals surface area contributed by atoms with Crippen molar-refractivity contribution in [2.45, 2.75) is 5.88 Å². The number of hydrogen-bond acceptors (Lipinski definition) is 1. The summed E-state index contributed by atoms with van der Waals surface area (Å²) in [4.78, 5) is 4.41. The molecule has 0 aliphatic carbocycles. The van der Waals surface area contributed by atoms with Crippen LogP contribution in [0.15, 0.2) is 30.3 Å². The molecule has 0 aliphatic heterocycles. The molecule has 0 radical (unpaired) electrons. The largest absolute Gasteiger partial charge is 0.292 e. The molecule has 21 heavy (non-hydrogen) atoms. The van der Waals surface area contributed by atoms with Crippen molar-refractivity contribution < 1.29 is 4.39 Å². The van der Waals surface area contributed by atoms with E-state index in [1.807, 2.05) is 0 Å². The maximum atomic E-state index is 13.4. The van der Waals surface area contributed by atoms with Crippen molar-refractivity contribution in [2.24, 2.45) is 0 Å². The average Bonchev–Trinajstić information content (AvgIpc) is 2.75. The lowest BCUT2D eigenvalue weighted by atomic mass is 10.2. The predicted molar refractivity (Wildman–Crippen MR) is 85.6 cm³/mol. The standard InChI is InChI=1S/C14H7Cl4FN2/c15-6-13-20-11-3-7(16)1-2-12(11)21(13)14-9(17)4-8(19)5-10(14)18/h1-5H,6H2. The molecular weight excluding hydrogens is 357 g/mol. The quantitative estimate of drug-likeness (QED) is 0.521. The Labute approximate surface area is 140 Å². The SMILES string of the molecule is Fc1cc(Cl)c(-n2c(CCl)nc3cc(Cl)ccc32)c(Cl)c1. The molecule has 0 unspecified atom stereocenters. The fraction of sp³-hybridized carbons (Fsp3) is 0.0714. The molecule has 108 valence electrons. The minimum absolute atomic E-state index is 0.149. The Hall–Kier alpha value is -1.00. The van der Waals surface area contributed by atoms with Gasteiger partial charge in [-0.25, -0.2) is 9.37 Å². The lowest BCUT2D eigenvalue weighted by molar-refractivity contribution is 0.627. The van der Waals surface area contributed by atoms with E-state index in [9.17, 15) is 4.39 Å². The minimum atomic E-state index is -0.506. The summed E-state index contributed by atoms with van der Waals surface area (Å²) in [6, 6.07) is 7.63. The lowest BCUT2D eigenvalue weighted by Crippen LogP contribution is -2.01. The molecule has 2 nitrogen and oxygen atoms in total. The summed E-state index contributed by atoms with van der Waals surface area (Å²) in [7, 11) is 0. The highest BCUT2D eigenvalue weighted by Gasteiger charge is 2.18. The first kappa shape index (κ1) is 14.9. The number of halogens is 5. The Bertz CT molecular complexity index is 821. The van der Waals surface area contributed by atoms with Crippen molar-refractivity contribution >= 4 is 57.4 Å². The Balaban J connectivity index is 2.39. The zero-order chi connectivity index (χ0) is 15.1. The molecule has 0 aliphatic rings. The van der Waals surface area contributed by atoms with Crippen molar-refractivity contribution in [3.63, 3.8) is 0 Å². The second-order valence-corrected chi connectivity index (χ2v) is 5.87. The van der Waals surface area contributed by atoms with Crippen LogP contribution in [0.5, 0.6) is 0 Å². The molecule has 1 aromatic heterocycles. The van der Waals surface area contributed by atoms with Crippen LogP contribution < -0.4 is 0 Å². The molecule has 1 heterocycles. The van der Waals surface area contributed by atoms with Crippen LogP contribution in [-0.2, 0) is 5.88 Å². The van der Waals surface area contributed by atoms with E-state index in [4.69, 9.17) is 46.4 Å². The van der Waals surface area contributed by atoms with Crippen LogP contribution in [-0.4, -0.2) is 9.55 Å². The Morgan fingerprint density at radius 2 is 1.71 bits per heavy atom. The molecule has 0 N–H and O–H groups in total. The number of alkyl halides is 1. The van der Waals surface area contributed by atoms with Crippen LogP contribution in [0.25, 0.3) is 16.7 Å². The second kappa shape index (κ2) is 5.65. The van der Waals surface area contributed by atoms with Crippen LogP contribution in [0.4, 0.5) is 4.39 Å². The topological polar surface area (TPSA) is 17.8 Å². The molecule has 2 aromatic carbocycles. The Kier molecular flexibility index (Phi) is 4.02. The van der Waals surface area contributed by atoms with Crippen LogP contribution in [0, 0.1) is 5.82 Å². The number of nitrogens with zero attached hydrogens (tertiary/aromatic N) is 2. The van der Waals surface area contributed by atoms with Gasteiger partial charge in [-0.15, -0.1) is 11.6 Å². The molecule has 3 rings (SSSR count). The van der Waals surface area contributed by atoms with Gasteiger partial charge in [-0.05, 0) is 30.3 Å². The van der Waals surface area contributed by atoms with E-state index in [0.29, 0.717) is 22.1 Å². The number of aromatic nitrogens is 2. The number of hydrogen-bond donors (Lipinski definition) is 0. The molecule has 0 atom stereocenters. The summed E-state index contributed by atoms with van der Waals surface area (Å²) in [6.45, 7) is 0. The normalized spacial score (nSPS) is 11.3. The molecule has 0 spiro atoms. The highest BCUT2D eigenvalue weighted by Crippen LogP contribution is 2.34. The van der Waals surface area contributed by atoms with Gasteiger partial charge in [0.1, 0.15) is 11.6 Å². The van der Waals surface area contributed by atoms with Gasteiger partial charge >= 0.3 is 0 Å². The Morgan fingerprint density at radius 3 is 2.33 bits per heavy atom. The van der Waals surface area contributed by atoms with Crippen molar-refractivity contribution in [1.29, 1.82) is 0 Å². The van der Waals surface area contributed by atoms with Crippen molar-refractivity contribution in [2.75, 3.05) is 0 Å². The molecule has 0 amide bonds. The zero-order valence-corrected chi connectivity index (χ0v) is 13.4. The van der Waals surface area contributed by atoms with Gasteiger partial charge in [0.05, 0.1) is 32.6 Å². The highest BCUT2D eigenvalue weighted by molar-refractivity contribution is 6.38. The van der Waals surface area contributed by atoms with E-state index in [2.05, 4.69) is 4.98 Å². The van der Waals surface area contributed by atoms with Crippen molar-refractivity contribution in [3.8, 4) is 5.69 Å². The van der Waals surface area contributed by atoms with Gasteiger partial charge < -0.3 is 0 Å². The molecular formula is C14H7Cl4FN2. The predicted octanol–water partition coefficient (Wildman–Crippen LogP) is 5.86. The maximum absolute atomic E-state index is 13.4. The number of fused-ring (bicyclic) bond motifs is 1. The molecule has 0 saturated carbocycles. The van der Waals surface area contributed by atoms with E-state index >= 15 is 0 Å². The van der Waals surface area contributed by atoms with E-state index in [1.165, 1.54) is 12.1 Å².